The van der Waals surface area contributed by atoms with Crippen molar-refractivity contribution >= 4 is 17.3 Å². The number of carbonyl (C=O) groups is 1. The maximum Gasteiger partial charge on any atom is 0.151 e. The Hall–Kier alpha value is -1.64. The van der Waals surface area contributed by atoms with Crippen molar-refractivity contribution in [2.45, 2.75) is 27.7 Å². The van der Waals surface area contributed by atoms with Gasteiger partial charge in [-0.2, -0.15) is 0 Å². The quantitative estimate of drug-likeness (QED) is 0.726. The molecule has 0 aliphatic heterocycles. The number of hydrogen-bond donors (Lipinski definition) is 1. The predicted octanol–water partition coefficient (Wildman–Crippen LogP) is 3.02. The normalized spacial score (nSPS) is 9.60. The van der Waals surface area contributed by atoms with Gasteiger partial charge in [-0.15, -0.1) is 0 Å². The average molecular weight is 204 g/mol. The minimum atomic E-state index is 0.740. The Bertz CT molecular complexity index is 472. The Morgan fingerprint density at radius 1 is 1.27 bits per heavy atom. The molecule has 1 N–H and O–H groups in total. The molecule has 0 bridgehead atoms. The maximum atomic E-state index is 10.8. The zero-order valence-corrected chi connectivity index (χ0v) is 9.59. The van der Waals surface area contributed by atoms with Crippen molar-refractivity contribution in [1.82, 2.24) is 9.97 Å². The summed E-state index contributed by atoms with van der Waals surface area (Å²) >= 11 is 0. The van der Waals surface area contributed by atoms with Gasteiger partial charge in [-0.25, -0.2) is 4.98 Å². The highest BCUT2D eigenvalue weighted by molar-refractivity contribution is 5.98. The minimum Gasteiger partial charge on any atom is -0.346 e. The lowest BCUT2D eigenvalue weighted by atomic mass is 10.1. The van der Waals surface area contributed by atoms with Crippen molar-refractivity contribution in [2.24, 2.45) is 0 Å². The molecule has 15 heavy (non-hydrogen) atoms. The number of aromatic amines is 1. The second kappa shape index (κ2) is 4.73. The third-order valence-electron chi connectivity index (χ3n) is 2.26. The van der Waals surface area contributed by atoms with Crippen LogP contribution in [0.15, 0.2) is 12.4 Å². The zero-order chi connectivity index (χ0) is 11.4. The number of aryl methyl sites for hydroxylation is 2. The van der Waals surface area contributed by atoms with Crippen LogP contribution in [0.2, 0.25) is 0 Å². The van der Waals surface area contributed by atoms with Gasteiger partial charge in [0.2, 0.25) is 0 Å². The largest absolute Gasteiger partial charge is 0.346 e. The molecule has 2 heterocycles. The smallest absolute Gasteiger partial charge is 0.151 e. The fourth-order valence-electron chi connectivity index (χ4n) is 1.53. The van der Waals surface area contributed by atoms with Gasteiger partial charge < -0.3 is 4.98 Å². The van der Waals surface area contributed by atoms with E-state index < -0.39 is 0 Å². The van der Waals surface area contributed by atoms with Gasteiger partial charge in [0.25, 0.3) is 0 Å². The van der Waals surface area contributed by atoms with Crippen LogP contribution in [0.1, 0.15) is 35.3 Å². The SMILES string of the molecule is CC.Cc1cnc2[nH]cc(C)c2c1C=O. The van der Waals surface area contributed by atoms with E-state index in [4.69, 9.17) is 0 Å². The Morgan fingerprint density at radius 3 is 2.53 bits per heavy atom. The second-order valence-corrected chi connectivity index (χ2v) is 3.17. The maximum absolute atomic E-state index is 10.8. The average Bonchev–Trinajstić information content (AvgIpc) is 2.64. The summed E-state index contributed by atoms with van der Waals surface area (Å²) in [6, 6.07) is 0. The van der Waals surface area contributed by atoms with Crippen LogP contribution in [-0.4, -0.2) is 16.3 Å². The number of rotatable bonds is 1. The van der Waals surface area contributed by atoms with Crippen LogP contribution in [0.5, 0.6) is 0 Å². The summed E-state index contributed by atoms with van der Waals surface area (Å²) in [5.74, 6) is 0. The summed E-state index contributed by atoms with van der Waals surface area (Å²) in [7, 11) is 0. The van der Waals surface area contributed by atoms with Gasteiger partial charge in [0.15, 0.2) is 6.29 Å². The molecule has 0 fully saturated rings. The third-order valence-corrected chi connectivity index (χ3v) is 2.26. The molecular weight excluding hydrogens is 188 g/mol. The molecule has 2 aromatic rings. The minimum absolute atomic E-state index is 0.740. The van der Waals surface area contributed by atoms with E-state index in [2.05, 4.69) is 9.97 Å². The number of hydrogen-bond acceptors (Lipinski definition) is 2. The number of aldehydes is 1. The van der Waals surface area contributed by atoms with Gasteiger partial charge in [-0.1, -0.05) is 13.8 Å². The number of nitrogens with one attached hydrogen (secondary N) is 1. The molecule has 3 nitrogen and oxygen atoms in total. The lowest BCUT2D eigenvalue weighted by molar-refractivity contribution is 0.112. The monoisotopic (exact) mass is 204 g/mol. The van der Waals surface area contributed by atoms with E-state index in [0.29, 0.717) is 0 Å². The molecule has 0 unspecified atom stereocenters. The van der Waals surface area contributed by atoms with E-state index >= 15 is 0 Å². The third kappa shape index (κ3) is 1.91. The van der Waals surface area contributed by atoms with E-state index in [-0.39, 0.29) is 0 Å². The van der Waals surface area contributed by atoms with Crippen molar-refractivity contribution in [3.05, 3.63) is 29.1 Å². The highest BCUT2D eigenvalue weighted by Gasteiger charge is 2.08. The van der Waals surface area contributed by atoms with E-state index in [1.807, 2.05) is 33.9 Å². The van der Waals surface area contributed by atoms with Gasteiger partial charge in [-0.3, -0.25) is 4.79 Å². The summed E-state index contributed by atoms with van der Waals surface area (Å²) in [4.78, 5) is 18.1. The van der Waals surface area contributed by atoms with Gasteiger partial charge in [0.1, 0.15) is 5.65 Å². The van der Waals surface area contributed by atoms with Crippen molar-refractivity contribution < 1.29 is 4.79 Å². The Labute approximate surface area is 89.5 Å². The topological polar surface area (TPSA) is 45.8 Å². The molecular formula is C12H16N2O. The number of pyridine rings is 1. The van der Waals surface area contributed by atoms with Crippen LogP contribution in [0, 0.1) is 13.8 Å². The van der Waals surface area contributed by atoms with Crippen LogP contribution < -0.4 is 0 Å². The van der Waals surface area contributed by atoms with Gasteiger partial charge in [0.05, 0.1) is 0 Å². The van der Waals surface area contributed by atoms with Crippen LogP contribution in [-0.2, 0) is 0 Å². The molecule has 0 radical (unpaired) electrons. The van der Waals surface area contributed by atoms with Crippen molar-refractivity contribution in [3.8, 4) is 0 Å². The lowest BCUT2D eigenvalue weighted by Gasteiger charge is -1.99. The lowest BCUT2D eigenvalue weighted by Crippen LogP contribution is -1.90. The number of aromatic nitrogens is 2. The highest BCUT2D eigenvalue weighted by atomic mass is 16.1. The molecule has 0 atom stereocenters. The van der Waals surface area contributed by atoms with E-state index in [9.17, 15) is 4.79 Å². The zero-order valence-electron chi connectivity index (χ0n) is 9.59. The fourth-order valence-corrected chi connectivity index (χ4v) is 1.53. The molecule has 0 spiro atoms. The van der Waals surface area contributed by atoms with Crippen LogP contribution in [0.4, 0.5) is 0 Å². The number of nitrogens with zero attached hydrogens (tertiary/aromatic N) is 1. The van der Waals surface area contributed by atoms with E-state index in [0.717, 1.165) is 34.0 Å². The van der Waals surface area contributed by atoms with E-state index in [1.165, 1.54) is 0 Å². The van der Waals surface area contributed by atoms with E-state index in [1.54, 1.807) is 6.20 Å². The predicted molar refractivity (Wildman–Crippen MR) is 62.3 cm³/mol. The van der Waals surface area contributed by atoms with Gasteiger partial charge >= 0.3 is 0 Å². The van der Waals surface area contributed by atoms with Crippen molar-refractivity contribution in [3.63, 3.8) is 0 Å². The van der Waals surface area contributed by atoms with Crippen LogP contribution in [0.3, 0.4) is 0 Å². The van der Waals surface area contributed by atoms with Crippen LogP contribution >= 0.6 is 0 Å². The summed E-state index contributed by atoms with van der Waals surface area (Å²) in [5, 5.41) is 0.940. The molecule has 2 aromatic heterocycles. The molecule has 3 heteroatoms. The number of carbonyl (C=O) groups excluding carboxylic acids is 1. The summed E-state index contributed by atoms with van der Waals surface area (Å²) < 4.78 is 0. The molecule has 0 aromatic carbocycles. The molecule has 0 saturated heterocycles. The molecule has 2 rings (SSSR count). The Balaban J connectivity index is 0.000000531. The van der Waals surface area contributed by atoms with Gasteiger partial charge in [0, 0.05) is 23.3 Å². The highest BCUT2D eigenvalue weighted by Crippen LogP contribution is 2.21. The number of H-pyrrole nitrogens is 1. The summed E-state index contributed by atoms with van der Waals surface area (Å²) in [5.41, 5.74) is 3.51. The van der Waals surface area contributed by atoms with Gasteiger partial charge in [-0.05, 0) is 25.0 Å². The standard InChI is InChI=1S/C10H10N2O.C2H6/c1-6-3-11-10-9(8(6)5-13)7(2)4-12-10;1-2/h3-5H,1-2H3,(H,11,12);1-2H3. The molecule has 0 aliphatic rings. The molecule has 0 amide bonds. The first-order valence-electron chi connectivity index (χ1n) is 5.12. The summed E-state index contributed by atoms with van der Waals surface area (Å²) in [6.45, 7) is 7.86. The first-order valence-corrected chi connectivity index (χ1v) is 5.12. The van der Waals surface area contributed by atoms with Crippen molar-refractivity contribution in [2.75, 3.05) is 0 Å². The van der Waals surface area contributed by atoms with Crippen LogP contribution in [0.25, 0.3) is 11.0 Å². The molecule has 80 valence electrons. The first-order chi connectivity index (χ1) is 7.24. The second-order valence-electron chi connectivity index (χ2n) is 3.17. The number of fused-ring (bicyclic) bond motifs is 1. The Morgan fingerprint density at radius 2 is 1.93 bits per heavy atom. The fraction of sp³-hybridized carbons (Fsp3) is 0.333. The molecule has 0 aliphatic carbocycles. The van der Waals surface area contributed by atoms with Crippen molar-refractivity contribution in [1.29, 1.82) is 0 Å². The first kappa shape index (κ1) is 11.4. The molecule has 0 saturated carbocycles. The Kier molecular flexibility index (Phi) is 3.61. The summed E-state index contributed by atoms with van der Waals surface area (Å²) in [6.07, 6.45) is 4.46.